The van der Waals surface area contributed by atoms with Gasteiger partial charge in [0.15, 0.2) is 0 Å². The van der Waals surface area contributed by atoms with Gasteiger partial charge >= 0.3 is 0 Å². The molecule has 0 N–H and O–H groups in total. The SMILES string of the molecule is O=C([O-])CCCN1C(=O)S/C(=C\c2cccc([N+](=O)[O-])c2)C1=O. The number of rotatable bonds is 6. The molecule has 8 nitrogen and oxygen atoms in total. The summed E-state index contributed by atoms with van der Waals surface area (Å²) in [6.07, 6.45) is 1.27. The number of nitro groups is 1. The number of non-ortho nitro benzene ring substituents is 1. The average molecular weight is 335 g/mol. The minimum Gasteiger partial charge on any atom is -0.550 e. The average Bonchev–Trinajstić information content (AvgIpc) is 2.74. The third kappa shape index (κ3) is 4.16. The first-order chi connectivity index (χ1) is 10.9. The van der Waals surface area contributed by atoms with E-state index in [1.54, 1.807) is 6.07 Å². The molecule has 0 unspecified atom stereocenters. The van der Waals surface area contributed by atoms with E-state index in [4.69, 9.17) is 0 Å². The summed E-state index contributed by atoms with van der Waals surface area (Å²) in [6, 6.07) is 5.68. The Morgan fingerprint density at radius 1 is 1.35 bits per heavy atom. The van der Waals surface area contributed by atoms with Crippen LogP contribution in [0, 0.1) is 10.1 Å². The van der Waals surface area contributed by atoms with Crippen LogP contribution >= 0.6 is 11.8 Å². The lowest BCUT2D eigenvalue weighted by molar-refractivity contribution is -0.384. The molecule has 1 aliphatic heterocycles. The van der Waals surface area contributed by atoms with Crippen LogP contribution in [0.5, 0.6) is 0 Å². The smallest absolute Gasteiger partial charge is 0.293 e. The normalized spacial score (nSPS) is 16.2. The third-order valence-electron chi connectivity index (χ3n) is 3.02. The third-order valence-corrected chi connectivity index (χ3v) is 3.92. The summed E-state index contributed by atoms with van der Waals surface area (Å²) in [7, 11) is 0. The highest BCUT2D eigenvalue weighted by atomic mass is 32.2. The van der Waals surface area contributed by atoms with Gasteiger partial charge in [0, 0.05) is 24.6 Å². The van der Waals surface area contributed by atoms with Gasteiger partial charge in [-0.05, 0) is 36.2 Å². The molecular weight excluding hydrogens is 324 g/mol. The molecule has 0 saturated carbocycles. The quantitative estimate of drug-likeness (QED) is 0.434. The van der Waals surface area contributed by atoms with E-state index in [0.29, 0.717) is 17.3 Å². The fourth-order valence-corrected chi connectivity index (χ4v) is 2.82. The zero-order valence-corrected chi connectivity index (χ0v) is 12.6. The highest BCUT2D eigenvalue weighted by Gasteiger charge is 2.34. The molecule has 120 valence electrons. The summed E-state index contributed by atoms with van der Waals surface area (Å²) in [5.41, 5.74) is 0.311. The van der Waals surface area contributed by atoms with Gasteiger partial charge in [0.1, 0.15) is 0 Å². The van der Waals surface area contributed by atoms with E-state index < -0.39 is 22.0 Å². The van der Waals surface area contributed by atoms with Crippen molar-refractivity contribution in [2.24, 2.45) is 0 Å². The minimum absolute atomic E-state index is 0.00900. The number of imide groups is 1. The highest BCUT2D eigenvalue weighted by molar-refractivity contribution is 8.18. The van der Waals surface area contributed by atoms with E-state index >= 15 is 0 Å². The van der Waals surface area contributed by atoms with Crippen LogP contribution in [0.3, 0.4) is 0 Å². The molecule has 1 aliphatic rings. The predicted molar refractivity (Wildman–Crippen MR) is 80.0 cm³/mol. The molecule has 1 saturated heterocycles. The van der Waals surface area contributed by atoms with E-state index in [2.05, 4.69) is 0 Å². The van der Waals surface area contributed by atoms with Gasteiger partial charge in [-0.25, -0.2) is 0 Å². The highest BCUT2D eigenvalue weighted by Crippen LogP contribution is 2.32. The van der Waals surface area contributed by atoms with E-state index in [0.717, 1.165) is 4.90 Å². The lowest BCUT2D eigenvalue weighted by Gasteiger charge is -2.12. The molecule has 1 aromatic carbocycles. The number of carbonyl (C=O) groups is 3. The number of carboxylic acid groups (broad SMARTS) is 1. The first kappa shape index (κ1) is 16.7. The Morgan fingerprint density at radius 2 is 2.09 bits per heavy atom. The van der Waals surface area contributed by atoms with Gasteiger partial charge in [-0.1, -0.05) is 12.1 Å². The van der Waals surface area contributed by atoms with Crippen LogP contribution in [0.2, 0.25) is 0 Å². The minimum atomic E-state index is -1.25. The van der Waals surface area contributed by atoms with Crippen LogP contribution < -0.4 is 5.11 Å². The Morgan fingerprint density at radius 3 is 2.74 bits per heavy atom. The Kier molecular flexibility index (Phi) is 5.12. The van der Waals surface area contributed by atoms with Gasteiger partial charge in [0.25, 0.3) is 16.8 Å². The van der Waals surface area contributed by atoms with Crippen LogP contribution in [0.1, 0.15) is 18.4 Å². The first-order valence-electron chi connectivity index (χ1n) is 6.58. The molecule has 1 fully saturated rings. The number of carboxylic acids is 1. The largest absolute Gasteiger partial charge is 0.550 e. The van der Waals surface area contributed by atoms with Crippen LogP contribution in [0.4, 0.5) is 10.5 Å². The maximum Gasteiger partial charge on any atom is 0.293 e. The molecule has 0 radical (unpaired) electrons. The summed E-state index contributed by atoms with van der Waals surface area (Å²) in [4.78, 5) is 45.6. The summed E-state index contributed by atoms with van der Waals surface area (Å²) in [5, 5.41) is 20.6. The van der Waals surface area contributed by atoms with Gasteiger partial charge in [-0.15, -0.1) is 0 Å². The molecule has 9 heteroatoms. The molecular formula is C14H11N2O6S-. The summed E-state index contributed by atoms with van der Waals surface area (Å²) in [6.45, 7) is -0.00900. The van der Waals surface area contributed by atoms with Gasteiger partial charge < -0.3 is 9.90 Å². The molecule has 23 heavy (non-hydrogen) atoms. The maximum absolute atomic E-state index is 12.1. The van der Waals surface area contributed by atoms with Crippen LogP contribution in [-0.4, -0.2) is 33.5 Å². The van der Waals surface area contributed by atoms with Crippen molar-refractivity contribution >= 4 is 40.6 Å². The Balaban J connectivity index is 2.13. The van der Waals surface area contributed by atoms with E-state index in [9.17, 15) is 29.6 Å². The van der Waals surface area contributed by atoms with E-state index in [1.807, 2.05) is 0 Å². The molecule has 2 rings (SSSR count). The predicted octanol–water partition coefficient (Wildman–Crippen LogP) is 1.16. The van der Waals surface area contributed by atoms with Gasteiger partial charge in [0.05, 0.1) is 9.83 Å². The van der Waals surface area contributed by atoms with Crippen molar-refractivity contribution in [1.82, 2.24) is 4.90 Å². The lowest BCUT2D eigenvalue weighted by atomic mass is 10.2. The number of benzene rings is 1. The van der Waals surface area contributed by atoms with Gasteiger partial charge in [-0.2, -0.15) is 0 Å². The molecule has 0 bridgehead atoms. The Labute approximate surface area is 134 Å². The fourth-order valence-electron chi connectivity index (χ4n) is 1.95. The standard InChI is InChI=1S/C14H12N2O6S/c17-12(18)5-2-6-15-13(19)11(23-14(15)20)8-9-3-1-4-10(7-9)16(21)22/h1,3-4,7-8H,2,5-6H2,(H,17,18)/p-1/b11-8-. The number of carbonyl (C=O) groups excluding carboxylic acids is 3. The van der Waals surface area contributed by atoms with Crippen molar-refractivity contribution in [2.45, 2.75) is 12.8 Å². The molecule has 0 aromatic heterocycles. The maximum atomic E-state index is 12.1. The molecule has 2 amide bonds. The number of hydrogen-bond donors (Lipinski definition) is 0. The summed E-state index contributed by atoms with van der Waals surface area (Å²) in [5.74, 6) is -1.78. The monoisotopic (exact) mass is 335 g/mol. The Bertz CT molecular complexity index is 715. The van der Waals surface area contributed by atoms with Gasteiger partial charge in [0.2, 0.25) is 0 Å². The Hall–Kier alpha value is -2.68. The molecule has 0 aliphatic carbocycles. The van der Waals surface area contributed by atoms with Crippen molar-refractivity contribution < 1.29 is 24.4 Å². The molecule has 1 aromatic rings. The fraction of sp³-hybridized carbons (Fsp3) is 0.214. The van der Waals surface area contributed by atoms with Crippen molar-refractivity contribution in [2.75, 3.05) is 6.54 Å². The zero-order chi connectivity index (χ0) is 17.0. The first-order valence-corrected chi connectivity index (χ1v) is 7.40. The zero-order valence-electron chi connectivity index (χ0n) is 11.8. The summed E-state index contributed by atoms with van der Waals surface area (Å²) < 4.78 is 0. The summed E-state index contributed by atoms with van der Waals surface area (Å²) >= 11 is 0.715. The molecule has 0 atom stereocenters. The van der Waals surface area contributed by atoms with Crippen LogP contribution in [-0.2, 0) is 9.59 Å². The van der Waals surface area contributed by atoms with E-state index in [1.165, 1.54) is 24.3 Å². The second-order valence-corrected chi connectivity index (χ2v) is 5.65. The van der Waals surface area contributed by atoms with Crippen molar-refractivity contribution in [3.8, 4) is 0 Å². The van der Waals surface area contributed by atoms with E-state index in [-0.39, 0.29) is 30.0 Å². The van der Waals surface area contributed by atoms with Crippen LogP contribution in [0.15, 0.2) is 29.2 Å². The number of aliphatic carboxylic acids is 1. The van der Waals surface area contributed by atoms with Crippen molar-refractivity contribution in [3.63, 3.8) is 0 Å². The number of nitro benzene ring substituents is 1. The van der Waals surface area contributed by atoms with Crippen molar-refractivity contribution in [1.29, 1.82) is 0 Å². The molecule has 1 heterocycles. The van der Waals surface area contributed by atoms with Crippen LogP contribution in [0.25, 0.3) is 6.08 Å². The number of amides is 2. The second kappa shape index (κ2) is 7.05. The number of nitrogens with zero attached hydrogens (tertiary/aromatic N) is 2. The lowest BCUT2D eigenvalue weighted by Crippen LogP contribution is -2.30. The number of thioether (sulfide) groups is 1. The number of hydrogen-bond acceptors (Lipinski definition) is 7. The molecule has 0 spiro atoms. The second-order valence-electron chi connectivity index (χ2n) is 4.66. The van der Waals surface area contributed by atoms with Gasteiger partial charge in [-0.3, -0.25) is 24.6 Å². The topological polar surface area (TPSA) is 121 Å². The van der Waals surface area contributed by atoms with Crippen molar-refractivity contribution in [3.05, 3.63) is 44.8 Å².